The molecular weight excluding hydrogens is 334 g/mol. The molecule has 128 valence electrons. The monoisotopic (exact) mass is 347 g/mol. The van der Waals surface area contributed by atoms with Crippen molar-refractivity contribution in [3.05, 3.63) is 54.0 Å². The minimum absolute atomic E-state index is 0.424. The molecule has 0 bridgehead atoms. The number of carbonyl (C=O) groups excluding carboxylic acids is 1. The van der Waals surface area contributed by atoms with Gasteiger partial charge in [-0.3, -0.25) is 4.98 Å². The first kappa shape index (κ1) is 15.6. The number of urea groups is 1. The highest BCUT2D eigenvalue weighted by atomic mass is 16.2. The van der Waals surface area contributed by atoms with Crippen LogP contribution in [-0.4, -0.2) is 42.2 Å². The first-order chi connectivity index (χ1) is 12.7. The third-order valence-electron chi connectivity index (χ3n) is 3.62. The lowest BCUT2D eigenvalue weighted by Gasteiger charge is -2.04. The number of benzene rings is 1. The predicted molar refractivity (Wildman–Crippen MR) is 94.3 cm³/mol. The van der Waals surface area contributed by atoms with Gasteiger partial charge in [-0.25, -0.2) is 24.9 Å². The number of carbonyl (C=O) groups is 1. The molecule has 3 heterocycles. The third-order valence-corrected chi connectivity index (χ3v) is 3.62. The highest BCUT2D eigenvalue weighted by Gasteiger charge is 2.09. The first-order valence-corrected chi connectivity index (χ1v) is 7.67. The molecule has 1 aromatic carbocycles. The summed E-state index contributed by atoms with van der Waals surface area (Å²) in [5, 5.41) is 12.8. The number of nitrogens with one attached hydrogen (secondary N) is 1. The molecule has 0 radical (unpaired) electrons. The van der Waals surface area contributed by atoms with Gasteiger partial charge >= 0.3 is 6.03 Å². The third kappa shape index (κ3) is 3.15. The number of pyridine rings is 1. The Morgan fingerprint density at radius 1 is 1.31 bits per heavy atom. The van der Waals surface area contributed by atoms with E-state index < -0.39 is 6.03 Å². The van der Waals surface area contributed by atoms with Crippen molar-refractivity contribution in [2.45, 2.75) is 6.54 Å². The number of rotatable bonds is 4. The molecule has 3 aromatic heterocycles. The number of fused-ring (bicyclic) bond motifs is 2. The SMILES string of the molecule is NC(=O)NN=Cc1cnc2nnn(Cc3ccc4ncccc4c3)c2n1. The summed E-state index contributed by atoms with van der Waals surface area (Å²) in [6.07, 6.45) is 4.59. The smallest absolute Gasteiger partial charge is 0.332 e. The quantitative estimate of drug-likeness (QED) is 0.414. The van der Waals surface area contributed by atoms with Crippen LogP contribution in [0.3, 0.4) is 0 Å². The van der Waals surface area contributed by atoms with Crippen molar-refractivity contribution in [3.8, 4) is 0 Å². The highest BCUT2D eigenvalue weighted by molar-refractivity contribution is 5.81. The van der Waals surface area contributed by atoms with Crippen LogP contribution in [0.15, 0.2) is 47.8 Å². The van der Waals surface area contributed by atoms with Crippen LogP contribution in [0.2, 0.25) is 0 Å². The number of primary amides is 1. The van der Waals surface area contributed by atoms with Crippen LogP contribution < -0.4 is 11.2 Å². The van der Waals surface area contributed by atoms with Gasteiger partial charge in [0.25, 0.3) is 0 Å². The van der Waals surface area contributed by atoms with E-state index in [4.69, 9.17) is 5.73 Å². The number of aromatic nitrogens is 6. The maximum Gasteiger partial charge on any atom is 0.332 e. The van der Waals surface area contributed by atoms with Crippen molar-refractivity contribution in [2.24, 2.45) is 10.8 Å². The minimum atomic E-state index is -0.757. The van der Waals surface area contributed by atoms with Gasteiger partial charge in [0.1, 0.15) is 5.69 Å². The molecule has 0 saturated carbocycles. The normalized spacial score (nSPS) is 11.4. The molecule has 0 aliphatic heterocycles. The van der Waals surface area contributed by atoms with E-state index in [-0.39, 0.29) is 0 Å². The molecule has 26 heavy (non-hydrogen) atoms. The molecule has 3 N–H and O–H groups in total. The second kappa shape index (κ2) is 6.51. The average Bonchev–Trinajstić information content (AvgIpc) is 3.03. The summed E-state index contributed by atoms with van der Waals surface area (Å²) in [6.45, 7) is 0.482. The van der Waals surface area contributed by atoms with Crippen molar-refractivity contribution < 1.29 is 4.79 Å². The summed E-state index contributed by atoms with van der Waals surface area (Å²) in [7, 11) is 0. The zero-order chi connectivity index (χ0) is 17.9. The molecule has 4 aromatic rings. The first-order valence-electron chi connectivity index (χ1n) is 7.67. The molecule has 0 atom stereocenters. The van der Waals surface area contributed by atoms with Gasteiger partial charge in [0.05, 0.1) is 24.5 Å². The Morgan fingerprint density at radius 2 is 2.23 bits per heavy atom. The maximum atomic E-state index is 10.6. The van der Waals surface area contributed by atoms with Crippen LogP contribution >= 0.6 is 0 Å². The van der Waals surface area contributed by atoms with Gasteiger partial charge < -0.3 is 5.73 Å². The molecule has 0 aliphatic rings. The topological polar surface area (TPSA) is 137 Å². The number of hydrogen-bond acceptors (Lipinski definition) is 7. The van der Waals surface area contributed by atoms with Crippen molar-refractivity contribution in [1.82, 2.24) is 35.4 Å². The molecule has 0 unspecified atom stereocenters. The lowest BCUT2D eigenvalue weighted by Crippen LogP contribution is -2.24. The number of hydrazone groups is 1. The second-order valence-corrected chi connectivity index (χ2v) is 5.45. The molecule has 0 saturated heterocycles. The van der Waals surface area contributed by atoms with E-state index in [2.05, 4.69) is 35.8 Å². The van der Waals surface area contributed by atoms with Gasteiger partial charge in [0.15, 0.2) is 5.65 Å². The molecule has 4 rings (SSSR count). The van der Waals surface area contributed by atoms with Crippen LogP contribution in [-0.2, 0) is 6.54 Å². The Kier molecular flexibility index (Phi) is 3.90. The Balaban J connectivity index is 1.64. The van der Waals surface area contributed by atoms with Gasteiger partial charge in [0.2, 0.25) is 5.65 Å². The summed E-state index contributed by atoms with van der Waals surface area (Å²) in [4.78, 5) is 23.6. The Labute approximate surface area is 146 Å². The summed E-state index contributed by atoms with van der Waals surface area (Å²) >= 11 is 0. The number of amides is 2. The zero-order valence-corrected chi connectivity index (χ0v) is 13.4. The number of nitrogens with zero attached hydrogens (tertiary/aromatic N) is 7. The van der Waals surface area contributed by atoms with E-state index in [1.807, 2.05) is 30.3 Å². The molecule has 0 aliphatic carbocycles. The fourth-order valence-corrected chi connectivity index (χ4v) is 2.50. The Morgan fingerprint density at radius 3 is 3.12 bits per heavy atom. The molecule has 2 amide bonds. The predicted octanol–water partition coefficient (Wildman–Crippen LogP) is 0.820. The molecule has 0 fully saturated rings. The fraction of sp³-hybridized carbons (Fsp3) is 0.0625. The second-order valence-electron chi connectivity index (χ2n) is 5.45. The number of hydrogen-bond donors (Lipinski definition) is 2. The highest BCUT2D eigenvalue weighted by Crippen LogP contribution is 2.15. The van der Waals surface area contributed by atoms with E-state index in [1.54, 1.807) is 10.9 Å². The van der Waals surface area contributed by atoms with Gasteiger partial charge in [-0.1, -0.05) is 17.3 Å². The molecule has 0 spiro atoms. The fourth-order valence-electron chi connectivity index (χ4n) is 2.50. The van der Waals surface area contributed by atoms with Crippen LogP contribution in [0.25, 0.3) is 22.2 Å². The van der Waals surface area contributed by atoms with Gasteiger partial charge in [-0.15, -0.1) is 5.10 Å². The van der Waals surface area contributed by atoms with E-state index in [9.17, 15) is 4.79 Å². The van der Waals surface area contributed by atoms with Gasteiger partial charge in [0, 0.05) is 11.6 Å². The van der Waals surface area contributed by atoms with Crippen molar-refractivity contribution >= 4 is 34.4 Å². The van der Waals surface area contributed by atoms with E-state index in [0.29, 0.717) is 23.5 Å². The van der Waals surface area contributed by atoms with Crippen molar-refractivity contribution in [3.63, 3.8) is 0 Å². The summed E-state index contributed by atoms with van der Waals surface area (Å²) in [5.74, 6) is 0. The average molecular weight is 347 g/mol. The van der Waals surface area contributed by atoms with E-state index in [0.717, 1.165) is 16.5 Å². The molecule has 10 nitrogen and oxygen atoms in total. The Bertz CT molecular complexity index is 1130. The van der Waals surface area contributed by atoms with Gasteiger partial charge in [-0.2, -0.15) is 5.10 Å². The van der Waals surface area contributed by atoms with Crippen LogP contribution in [0, 0.1) is 0 Å². The minimum Gasteiger partial charge on any atom is -0.350 e. The Hall–Kier alpha value is -3.95. The van der Waals surface area contributed by atoms with E-state index >= 15 is 0 Å². The van der Waals surface area contributed by atoms with Crippen LogP contribution in [0.4, 0.5) is 4.79 Å². The largest absolute Gasteiger partial charge is 0.350 e. The number of nitrogens with two attached hydrogens (primary N) is 1. The van der Waals surface area contributed by atoms with Crippen molar-refractivity contribution in [2.75, 3.05) is 0 Å². The summed E-state index contributed by atoms with van der Waals surface area (Å²) in [5.41, 5.74) is 10.4. The lowest BCUT2D eigenvalue weighted by molar-refractivity contribution is 0.249. The molecular formula is C16H13N9O. The summed E-state index contributed by atoms with van der Waals surface area (Å²) < 4.78 is 1.65. The standard InChI is InChI=1S/C16H13N9O/c17-16(26)23-20-8-12-7-19-14-15(21-12)25(24-22-14)9-10-3-4-13-11(6-10)2-1-5-18-13/h1-8H,9H2,(H3,17,23,26). The maximum absolute atomic E-state index is 10.6. The zero-order valence-electron chi connectivity index (χ0n) is 13.4. The lowest BCUT2D eigenvalue weighted by atomic mass is 10.1. The summed E-state index contributed by atoms with van der Waals surface area (Å²) in [6, 6.07) is 9.14. The van der Waals surface area contributed by atoms with Crippen LogP contribution in [0.1, 0.15) is 11.3 Å². The van der Waals surface area contributed by atoms with E-state index in [1.165, 1.54) is 12.4 Å². The van der Waals surface area contributed by atoms with Crippen LogP contribution in [0.5, 0.6) is 0 Å². The molecule has 10 heteroatoms. The van der Waals surface area contributed by atoms with Crippen molar-refractivity contribution in [1.29, 1.82) is 0 Å². The van der Waals surface area contributed by atoms with Gasteiger partial charge in [-0.05, 0) is 23.8 Å².